The van der Waals surface area contributed by atoms with Crippen molar-refractivity contribution in [3.8, 4) is 5.75 Å². The normalized spacial score (nSPS) is 19.3. The van der Waals surface area contributed by atoms with Gasteiger partial charge in [0.25, 0.3) is 5.91 Å². The second-order valence-corrected chi connectivity index (χ2v) is 7.42. The quantitative estimate of drug-likeness (QED) is 0.242. The van der Waals surface area contributed by atoms with E-state index in [0.29, 0.717) is 18.7 Å². The van der Waals surface area contributed by atoms with Crippen molar-refractivity contribution in [1.29, 1.82) is 0 Å². The van der Waals surface area contributed by atoms with Gasteiger partial charge in [-0.15, -0.1) is 11.6 Å². The van der Waals surface area contributed by atoms with Gasteiger partial charge in [0.2, 0.25) is 0 Å². The number of carbonyl (C=O) groups excluding carboxylic acids is 1. The zero-order valence-corrected chi connectivity index (χ0v) is 17.2. The minimum Gasteiger partial charge on any atom is -0.494 e. The minimum absolute atomic E-state index is 0.00325. The fourth-order valence-corrected chi connectivity index (χ4v) is 3.92. The maximum Gasteiger partial charge on any atom is 0.289 e. The van der Waals surface area contributed by atoms with Gasteiger partial charge in [-0.3, -0.25) is 9.79 Å². The molecule has 1 aromatic rings. The SMILES string of the molecule is COc1c(Br)cc(/C=C2\O[C@@H](C(Cl)CCN=C(N)N)NC2=O)cc1Br. The molecular formula is C15H17Br2ClN4O3. The van der Waals surface area contributed by atoms with Gasteiger partial charge in [0.15, 0.2) is 17.9 Å². The molecule has 1 aliphatic heterocycles. The number of halogens is 3. The van der Waals surface area contributed by atoms with Gasteiger partial charge in [0.05, 0.1) is 21.4 Å². The van der Waals surface area contributed by atoms with Crippen LogP contribution in [0.15, 0.2) is 31.8 Å². The second kappa shape index (κ2) is 8.77. The monoisotopic (exact) mass is 494 g/mol. The van der Waals surface area contributed by atoms with Crippen molar-refractivity contribution >= 4 is 61.4 Å². The van der Waals surface area contributed by atoms with Crippen molar-refractivity contribution in [2.75, 3.05) is 13.7 Å². The first-order valence-corrected chi connectivity index (χ1v) is 9.25. The number of guanidine groups is 1. The first-order chi connectivity index (χ1) is 11.8. The van der Waals surface area contributed by atoms with Crippen LogP contribution in [-0.4, -0.2) is 37.1 Å². The van der Waals surface area contributed by atoms with Gasteiger partial charge in [-0.1, -0.05) is 0 Å². The number of alkyl halides is 1. The van der Waals surface area contributed by atoms with Crippen LogP contribution in [0.2, 0.25) is 0 Å². The number of carbonyl (C=O) groups is 1. The Hall–Kier alpha value is -1.45. The average molecular weight is 497 g/mol. The van der Waals surface area contributed by atoms with Crippen LogP contribution in [0.25, 0.3) is 6.08 Å². The summed E-state index contributed by atoms with van der Waals surface area (Å²) < 4.78 is 12.4. The van der Waals surface area contributed by atoms with E-state index in [0.717, 1.165) is 14.5 Å². The summed E-state index contributed by atoms with van der Waals surface area (Å²) in [7, 11) is 1.57. The summed E-state index contributed by atoms with van der Waals surface area (Å²) in [6, 6.07) is 3.63. The van der Waals surface area contributed by atoms with Crippen molar-refractivity contribution < 1.29 is 14.3 Å². The number of ether oxygens (including phenoxy) is 2. The number of nitrogens with zero attached hydrogens (tertiary/aromatic N) is 1. The predicted molar refractivity (Wildman–Crippen MR) is 104 cm³/mol. The smallest absolute Gasteiger partial charge is 0.289 e. The molecule has 10 heteroatoms. The molecule has 5 N–H and O–H groups in total. The average Bonchev–Trinajstić information content (AvgIpc) is 2.87. The molecule has 136 valence electrons. The molecule has 1 unspecified atom stereocenters. The van der Waals surface area contributed by atoms with Crippen molar-refractivity contribution in [2.45, 2.75) is 18.0 Å². The van der Waals surface area contributed by atoms with Crippen LogP contribution in [0, 0.1) is 0 Å². The zero-order chi connectivity index (χ0) is 18.6. The van der Waals surface area contributed by atoms with Crippen LogP contribution in [0.4, 0.5) is 0 Å². The molecule has 1 heterocycles. The van der Waals surface area contributed by atoms with E-state index in [9.17, 15) is 4.79 Å². The summed E-state index contributed by atoms with van der Waals surface area (Å²) >= 11 is 13.1. The molecule has 7 nitrogen and oxygen atoms in total. The number of hydrogen-bond donors (Lipinski definition) is 3. The minimum atomic E-state index is -0.639. The highest BCUT2D eigenvalue weighted by Crippen LogP contribution is 2.35. The van der Waals surface area contributed by atoms with Gasteiger partial charge in [-0.2, -0.15) is 0 Å². The van der Waals surface area contributed by atoms with E-state index < -0.39 is 11.6 Å². The Bertz CT molecular complexity index is 700. The Labute approximate surface area is 167 Å². The highest BCUT2D eigenvalue weighted by molar-refractivity contribution is 9.11. The number of methoxy groups -OCH3 is 1. The third-order valence-corrected chi connectivity index (χ3v) is 4.93. The summed E-state index contributed by atoms with van der Waals surface area (Å²) in [5.41, 5.74) is 11.3. The Morgan fingerprint density at radius 2 is 2.12 bits per heavy atom. The standard InChI is InChI=1S/C15H17Br2ClN4O3/c1-24-12-8(16)4-7(5-9(12)17)6-11-13(23)22-14(25-11)10(18)2-3-21-15(19)20/h4-6,10,14H,2-3H2,1H3,(H,22,23)(H4,19,20,21)/b11-6-/t10?,14-/m0/s1. The van der Waals surface area contributed by atoms with E-state index in [2.05, 4.69) is 42.2 Å². The van der Waals surface area contributed by atoms with Crippen molar-refractivity contribution in [3.63, 3.8) is 0 Å². The van der Waals surface area contributed by atoms with Crippen LogP contribution in [0.5, 0.6) is 5.75 Å². The van der Waals surface area contributed by atoms with E-state index in [4.69, 9.17) is 32.5 Å². The largest absolute Gasteiger partial charge is 0.494 e. The molecular weight excluding hydrogens is 479 g/mol. The molecule has 1 saturated heterocycles. The van der Waals surface area contributed by atoms with Gasteiger partial charge in [-0.25, -0.2) is 0 Å². The molecule has 0 spiro atoms. The van der Waals surface area contributed by atoms with Crippen LogP contribution in [0.1, 0.15) is 12.0 Å². The van der Waals surface area contributed by atoms with Gasteiger partial charge in [0.1, 0.15) is 5.75 Å². The number of nitrogens with two attached hydrogens (primary N) is 2. The van der Waals surface area contributed by atoms with Crippen LogP contribution < -0.4 is 21.5 Å². The van der Waals surface area contributed by atoms with Crippen LogP contribution in [0.3, 0.4) is 0 Å². The molecule has 1 aromatic carbocycles. The molecule has 2 rings (SSSR count). The van der Waals surface area contributed by atoms with Crippen LogP contribution in [-0.2, 0) is 9.53 Å². The Morgan fingerprint density at radius 1 is 1.48 bits per heavy atom. The maximum absolute atomic E-state index is 12.1. The summed E-state index contributed by atoms with van der Waals surface area (Å²) in [5, 5.41) is 2.23. The van der Waals surface area contributed by atoms with Crippen molar-refractivity contribution in [2.24, 2.45) is 16.5 Å². The molecule has 0 saturated carbocycles. The molecule has 1 fully saturated rings. The molecule has 0 aliphatic carbocycles. The van der Waals surface area contributed by atoms with Crippen molar-refractivity contribution in [3.05, 3.63) is 32.4 Å². The molecule has 1 amide bonds. The predicted octanol–water partition coefficient (Wildman–Crippen LogP) is 2.30. The number of rotatable bonds is 6. The Kier molecular flexibility index (Phi) is 6.97. The van der Waals surface area contributed by atoms with E-state index in [-0.39, 0.29) is 17.6 Å². The number of amides is 1. The number of nitrogens with one attached hydrogen (secondary N) is 1. The van der Waals surface area contributed by atoms with Gasteiger partial charge >= 0.3 is 0 Å². The summed E-state index contributed by atoms with van der Waals surface area (Å²) in [4.78, 5) is 15.9. The summed E-state index contributed by atoms with van der Waals surface area (Å²) in [6.07, 6.45) is 1.45. The second-order valence-electron chi connectivity index (χ2n) is 5.15. The number of aliphatic imine (C=N–C) groups is 1. The van der Waals surface area contributed by atoms with E-state index in [1.807, 2.05) is 12.1 Å². The molecule has 0 radical (unpaired) electrons. The van der Waals surface area contributed by atoms with Gasteiger partial charge in [-0.05, 0) is 62.1 Å². The number of benzene rings is 1. The maximum atomic E-state index is 12.1. The third kappa shape index (κ3) is 5.26. The lowest BCUT2D eigenvalue weighted by molar-refractivity contribution is -0.116. The lowest BCUT2D eigenvalue weighted by Gasteiger charge is -2.15. The fraction of sp³-hybridized carbons (Fsp3) is 0.333. The highest BCUT2D eigenvalue weighted by Gasteiger charge is 2.33. The number of hydrogen-bond acceptors (Lipinski definition) is 4. The third-order valence-electron chi connectivity index (χ3n) is 3.30. The van der Waals surface area contributed by atoms with E-state index >= 15 is 0 Å². The zero-order valence-electron chi connectivity index (χ0n) is 13.3. The highest BCUT2D eigenvalue weighted by atomic mass is 79.9. The lowest BCUT2D eigenvalue weighted by Crippen LogP contribution is -2.35. The Morgan fingerprint density at radius 3 is 2.68 bits per heavy atom. The molecule has 25 heavy (non-hydrogen) atoms. The molecule has 0 bridgehead atoms. The topological polar surface area (TPSA) is 112 Å². The van der Waals surface area contributed by atoms with E-state index in [1.165, 1.54) is 0 Å². The molecule has 2 atom stereocenters. The van der Waals surface area contributed by atoms with Crippen LogP contribution >= 0.6 is 43.5 Å². The Balaban J connectivity index is 2.09. The lowest BCUT2D eigenvalue weighted by atomic mass is 10.2. The molecule has 1 aliphatic rings. The first-order valence-electron chi connectivity index (χ1n) is 7.23. The summed E-state index contributed by atoms with van der Waals surface area (Å²) in [6.45, 7) is 0.351. The summed E-state index contributed by atoms with van der Waals surface area (Å²) in [5.74, 6) is 0.510. The van der Waals surface area contributed by atoms with E-state index in [1.54, 1.807) is 13.2 Å². The van der Waals surface area contributed by atoms with Gasteiger partial charge < -0.3 is 26.3 Å². The fourth-order valence-electron chi connectivity index (χ4n) is 2.16. The first kappa shape index (κ1) is 19.9. The molecule has 0 aromatic heterocycles. The van der Waals surface area contributed by atoms with Gasteiger partial charge in [0, 0.05) is 6.54 Å². The van der Waals surface area contributed by atoms with Crippen molar-refractivity contribution in [1.82, 2.24) is 5.32 Å².